The Labute approximate surface area is 179 Å². The van der Waals surface area contributed by atoms with E-state index in [4.69, 9.17) is 9.47 Å². The molecular weight excluding hydrogens is 376 g/mol. The molecule has 6 rings (SSSR count). The number of piperazine rings is 1. The van der Waals surface area contributed by atoms with E-state index in [2.05, 4.69) is 37.3 Å². The Kier molecular flexibility index (Phi) is 4.52. The number of carbonyl (C=O) groups is 1. The van der Waals surface area contributed by atoms with E-state index in [9.17, 15) is 4.79 Å². The summed E-state index contributed by atoms with van der Waals surface area (Å²) in [5.41, 5.74) is 1.84. The molecule has 2 N–H and O–H groups in total. The first kappa shape index (κ1) is 19.3. The molecule has 30 heavy (non-hydrogen) atoms. The SMILES string of the molecule is C[C@]12CCC[C@@]3(CO3)[C@@H]1C[C@H]1[C@@H](C2)OC(=O)[C@@H]1C[NH+]1CC[NH+](c2ccccc2)CC1. The van der Waals surface area contributed by atoms with E-state index < -0.39 is 0 Å². The van der Waals surface area contributed by atoms with Crippen LogP contribution in [0.1, 0.15) is 39.0 Å². The van der Waals surface area contributed by atoms with Crippen molar-refractivity contribution in [3.63, 3.8) is 0 Å². The van der Waals surface area contributed by atoms with Gasteiger partial charge in [0.15, 0.2) is 0 Å². The molecule has 3 aliphatic heterocycles. The second kappa shape index (κ2) is 7.04. The Morgan fingerprint density at radius 2 is 1.87 bits per heavy atom. The third-order valence-electron chi connectivity index (χ3n) is 9.33. The molecule has 0 aromatic heterocycles. The number of rotatable bonds is 3. The van der Waals surface area contributed by atoms with Crippen molar-refractivity contribution in [1.29, 1.82) is 0 Å². The standard InChI is InChI=1S/C25H34N2O3/c1-24-8-5-9-25(17-29-25)22(24)14-19-20(23(28)30-21(19)15-24)16-26-10-12-27(13-11-26)18-6-3-2-4-7-18/h2-4,6-7,19-22H,5,8-17H2,1H3/p+2/t19-,20-,21-,22-,24-,25-/m1/s1. The second-order valence-electron chi connectivity index (χ2n) is 11.0. The van der Waals surface area contributed by atoms with Crippen molar-refractivity contribution >= 4 is 11.7 Å². The number of hydrogen-bond donors (Lipinski definition) is 2. The van der Waals surface area contributed by atoms with Gasteiger partial charge in [-0.25, -0.2) is 0 Å². The van der Waals surface area contributed by atoms with Crippen LogP contribution in [0.2, 0.25) is 0 Å². The zero-order chi connectivity index (χ0) is 20.3. The van der Waals surface area contributed by atoms with Crippen molar-refractivity contribution in [3.05, 3.63) is 30.3 Å². The summed E-state index contributed by atoms with van der Waals surface area (Å²) in [6, 6.07) is 10.8. The number of fused-ring (bicyclic) bond motifs is 3. The lowest BCUT2D eigenvalue weighted by atomic mass is 9.53. The number of hydrogen-bond acceptors (Lipinski definition) is 3. The van der Waals surface area contributed by atoms with Crippen LogP contribution in [0.3, 0.4) is 0 Å². The van der Waals surface area contributed by atoms with Gasteiger partial charge in [-0.1, -0.05) is 25.1 Å². The molecule has 5 fully saturated rings. The smallest absolute Gasteiger partial charge is 0.315 e. The second-order valence-corrected chi connectivity index (χ2v) is 11.0. The van der Waals surface area contributed by atoms with Crippen molar-refractivity contribution in [2.75, 3.05) is 39.3 Å². The molecule has 6 atom stereocenters. The van der Waals surface area contributed by atoms with Crippen molar-refractivity contribution < 1.29 is 24.1 Å². The van der Waals surface area contributed by atoms with Gasteiger partial charge in [-0.05, 0) is 55.6 Å². The number of nitrogens with one attached hydrogen (secondary N) is 2. The highest BCUT2D eigenvalue weighted by Gasteiger charge is 2.65. The molecule has 0 radical (unpaired) electrons. The first-order valence-electron chi connectivity index (χ1n) is 12.1. The predicted octanol–water partition coefficient (Wildman–Crippen LogP) is 0.629. The van der Waals surface area contributed by atoms with Crippen molar-refractivity contribution in [1.82, 2.24) is 0 Å². The van der Waals surface area contributed by atoms with E-state index in [1.807, 2.05) is 0 Å². The fourth-order valence-electron chi connectivity index (χ4n) is 7.57. The van der Waals surface area contributed by atoms with Gasteiger partial charge < -0.3 is 14.4 Å². The number of quaternary nitrogens is 2. The Morgan fingerprint density at radius 3 is 2.60 bits per heavy atom. The molecule has 1 aromatic carbocycles. The molecule has 5 heteroatoms. The molecule has 2 aliphatic carbocycles. The molecule has 0 bridgehead atoms. The van der Waals surface area contributed by atoms with Crippen molar-refractivity contribution in [3.8, 4) is 0 Å². The monoisotopic (exact) mass is 412 g/mol. The number of carbonyl (C=O) groups excluding carboxylic acids is 1. The Hall–Kier alpha value is -1.43. The summed E-state index contributed by atoms with van der Waals surface area (Å²) in [6.45, 7) is 8.91. The largest absolute Gasteiger partial charge is 0.462 e. The van der Waals surface area contributed by atoms with Gasteiger partial charge in [0, 0.05) is 5.92 Å². The minimum absolute atomic E-state index is 0.0864. The quantitative estimate of drug-likeness (QED) is 0.566. The topological polar surface area (TPSA) is 47.7 Å². The first-order valence-corrected chi connectivity index (χ1v) is 12.1. The summed E-state index contributed by atoms with van der Waals surface area (Å²) >= 11 is 0. The number of epoxide rings is 1. The van der Waals surface area contributed by atoms with Gasteiger partial charge >= 0.3 is 5.97 Å². The fraction of sp³-hybridized carbons (Fsp3) is 0.720. The number of benzene rings is 1. The van der Waals surface area contributed by atoms with Crippen LogP contribution in [0.4, 0.5) is 5.69 Å². The maximum absolute atomic E-state index is 12.9. The highest BCUT2D eigenvalue weighted by atomic mass is 16.6. The zero-order valence-corrected chi connectivity index (χ0v) is 18.2. The zero-order valence-electron chi connectivity index (χ0n) is 18.2. The highest BCUT2D eigenvalue weighted by Crippen LogP contribution is 2.62. The minimum Gasteiger partial charge on any atom is -0.462 e. The van der Waals surface area contributed by atoms with Gasteiger partial charge in [0.25, 0.3) is 0 Å². The van der Waals surface area contributed by atoms with Crippen LogP contribution in [0.15, 0.2) is 30.3 Å². The third kappa shape index (κ3) is 3.12. The van der Waals surface area contributed by atoms with Gasteiger partial charge in [-0.3, -0.25) is 9.69 Å². The Bertz CT molecular complexity index is 802. The van der Waals surface area contributed by atoms with Crippen LogP contribution in [0, 0.1) is 23.2 Å². The minimum atomic E-state index is 0.0864. The van der Waals surface area contributed by atoms with Gasteiger partial charge in [0.05, 0.1) is 18.8 Å². The van der Waals surface area contributed by atoms with Gasteiger partial charge in [0.2, 0.25) is 0 Å². The van der Waals surface area contributed by atoms with Crippen LogP contribution in [-0.4, -0.2) is 57.0 Å². The molecule has 5 aliphatic rings. The molecule has 0 unspecified atom stereocenters. The van der Waals surface area contributed by atoms with Crippen LogP contribution in [0.25, 0.3) is 0 Å². The fourth-order valence-corrected chi connectivity index (χ4v) is 7.57. The summed E-state index contributed by atoms with van der Waals surface area (Å²) < 4.78 is 12.1. The number of ether oxygens (including phenoxy) is 2. The van der Waals surface area contributed by atoms with Crippen molar-refractivity contribution in [2.24, 2.45) is 23.2 Å². The number of para-hydroxylation sites is 1. The van der Waals surface area contributed by atoms with E-state index in [-0.39, 0.29) is 23.6 Å². The van der Waals surface area contributed by atoms with Gasteiger partial charge in [-0.2, -0.15) is 0 Å². The molecular formula is C25H36N2O3+2. The molecule has 5 nitrogen and oxygen atoms in total. The summed E-state index contributed by atoms with van der Waals surface area (Å²) in [6.07, 6.45) is 6.08. The summed E-state index contributed by atoms with van der Waals surface area (Å²) in [5.74, 6) is 1.20. The molecule has 1 aromatic rings. The number of esters is 1. The molecule has 1 spiro atoms. The van der Waals surface area contributed by atoms with E-state index in [1.54, 1.807) is 9.80 Å². The van der Waals surface area contributed by atoms with E-state index >= 15 is 0 Å². The average molecular weight is 413 g/mol. The lowest BCUT2D eigenvalue weighted by Gasteiger charge is -2.51. The maximum Gasteiger partial charge on any atom is 0.315 e. The van der Waals surface area contributed by atoms with Crippen LogP contribution in [0.5, 0.6) is 0 Å². The van der Waals surface area contributed by atoms with Crippen LogP contribution < -0.4 is 9.80 Å². The molecule has 2 saturated carbocycles. The summed E-state index contributed by atoms with van der Waals surface area (Å²) in [7, 11) is 0. The van der Waals surface area contributed by atoms with E-state index in [1.165, 1.54) is 24.9 Å². The van der Waals surface area contributed by atoms with Gasteiger partial charge in [-0.15, -0.1) is 0 Å². The summed E-state index contributed by atoms with van der Waals surface area (Å²) in [5, 5.41) is 0. The Morgan fingerprint density at radius 1 is 1.10 bits per heavy atom. The van der Waals surface area contributed by atoms with E-state index in [0.717, 1.165) is 52.2 Å². The maximum atomic E-state index is 12.9. The normalized spacial score (nSPS) is 47.4. The third-order valence-corrected chi connectivity index (χ3v) is 9.33. The van der Waals surface area contributed by atoms with E-state index in [0.29, 0.717) is 17.3 Å². The average Bonchev–Trinajstić information content (AvgIpc) is 3.46. The predicted molar refractivity (Wildman–Crippen MR) is 113 cm³/mol. The Balaban J connectivity index is 1.12. The summed E-state index contributed by atoms with van der Waals surface area (Å²) in [4.78, 5) is 16.1. The molecule has 0 amide bonds. The lowest BCUT2D eigenvalue weighted by Crippen LogP contribution is -3.26. The highest BCUT2D eigenvalue weighted by molar-refractivity contribution is 5.75. The van der Waals surface area contributed by atoms with Crippen LogP contribution in [-0.2, 0) is 14.3 Å². The lowest BCUT2D eigenvalue weighted by molar-refractivity contribution is -0.987. The molecule has 3 saturated heterocycles. The van der Waals surface area contributed by atoms with Crippen molar-refractivity contribution in [2.45, 2.75) is 50.7 Å². The van der Waals surface area contributed by atoms with Gasteiger partial charge in [0.1, 0.15) is 43.9 Å². The first-order chi connectivity index (χ1) is 14.6. The molecule has 3 heterocycles. The molecule has 162 valence electrons. The van der Waals surface area contributed by atoms with Crippen LogP contribution >= 0.6 is 0 Å².